The first kappa shape index (κ1) is 19.9. The van der Waals surface area contributed by atoms with Crippen molar-refractivity contribution < 1.29 is 4.79 Å². The summed E-state index contributed by atoms with van der Waals surface area (Å²) in [5.41, 5.74) is 5.92. The molecular weight excluding hydrogens is 398 g/mol. The maximum atomic E-state index is 13.4. The van der Waals surface area contributed by atoms with E-state index in [1.165, 1.54) is 37.9 Å². The first-order valence-electron chi connectivity index (χ1n) is 10.7. The number of amides is 1. The molecule has 1 aliphatic heterocycles. The molecule has 0 radical (unpaired) electrons. The van der Waals surface area contributed by atoms with E-state index in [4.69, 9.17) is 0 Å². The fourth-order valence-electron chi connectivity index (χ4n) is 4.66. The minimum absolute atomic E-state index is 0.0672. The molecule has 0 bridgehead atoms. The number of carbonyl (C=O) groups excluding carboxylic acids is 1. The van der Waals surface area contributed by atoms with E-state index in [0.29, 0.717) is 13.0 Å². The van der Waals surface area contributed by atoms with E-state index in [0.717, 1.165) is 5.69 Å². The quantitative estimate of drug-likeness (QED) is 0.331. The number of hydrogen-bond acceptors (Lipinski definition) is 2. The van der Waals surface area contributed by atoms with Gasteiger partial charge in [-0.15, -0.1) is 11.8 Å². The first-order chi connectivity index (χ1) is 15.2. The lowest BCUT2D eigenvalue weighted by molar-refractivity contribution is -0.119. The van der Waals surface area contributed by atoms with E-state index < -0.39 is 0 Å². The van der Waals surface area contributed by atoms with Crippen LogP contribution in [0.1, 0.15) is 34.6 Å². The van der Waals surface area contributed by atoms with E-state index >= 15 is 0 Å². The fourth-order valence-corrected chi connectivity index (χ4v) is 5.07. The highest BCUT2D eigenvalue weighted by Gasteiger charge is 2.33. The number of nitrogens with zero attached hydrogens (tertiary/aromatic N) is 1. The number of rotatable bonds is 4. The number of carbonyl (C=O) groups is 1. The van der Waals surface area contributed by atoms with Crippen molar-refractivity contribution in [3.8, 4) is 0 Å². The van der Waals surface area contributed by atoms with Gasteiger partial charge in [0.15, 0.2) is 0 Å². The molecule has 3 heteroatoms. The summed E-state index contributed by atoms with van der Waals surface area (Å²) in [5.74, 6) is 0.252. The molecular formula is C28H25NOS. The average molecular weight is 424 g/mol. The molecule has 0 spiro atoms. The van der Waals surface area contributed by atoms with Crippen molar-refractivity contribution in [3.63, 3.8) is 0 Å². The van der Waals surface area contributed by atoms with E-state index in [1.54, 1.807) is 11.8 Å². The van der Waals surface area contributed by atoms with Crippen LogP contribution in [0.2, 0.25) is 0 Å². The molecule has 0 fully saturated rings. The molecule has 0 aliphatic carbocycles. The zero-order valence-electron chi connectivity index (χ0n) is 17.8. The van der Waals surface area contributed by atoms with Gasteiger partial charge < -0.3 is 4.90 Å². The minimum atomic E-state index is 0.0672. The van der Waals surface area contributed by atoms with Crippen LogP contribution in [-0.4, -0.2) is 12.2 Å². The van der Waals surface area contributed by atoms with Crippen molar-refractivity contribution in [2.75, 3.05) is 11.2 Å². The summed E-state index contributed by atoms with van der Waals surface area (Å²) in [4.78, 5) is 16.7. The second kappa shape index (κ2) is 8.24. The van der Waals surface area contributed by atoms with Crippen LogP contribution in [0.5, 0.6) is 0 Å². The highest BCUT2D eigenvalue weighted by Crippen LogP contribution is 2.44. The van der Waals surface area contributed by atoms with Crippen molar-refractivity contribution in [2.45, 2.75) is 30.7 Å². The molecule has 0 saturated carbocycles. The Morgan fingerprint density at radius 3 is 2.42 bits per heavy atom. The molecule has 1 atom stereocenters. The molecule has 5 rings (SSSR count). The van der Waals surface area contributed by atoms with Gasteiger partial charge in [-0.2, -0.15) is 0 Å². The highest BCUT2D eigenvalue weighted by molar-refractivity contribution is 7.98. The average Bonchev–Trinajstić information content (AvgIpc) is 2.81. The van der Waals surface area contributed by atoms with Gasteiger partial charge in [0.25, 0.3) is 0 Å². The van der Waals surface area contributed by atoms with Crippen LogP contribution < -0.4 is 4.90 Å². The van der Waals surface area contributed by atoms with Gasteiger partial charge in [-0.1, -0.05) is 66.7 Å². The Morgan fingerprint density at radius 2 is 1.65 bits per heavy atom. The maximum Gasteiger partial charge on any atom is 0.228 e. The molecule has 31 heavy (non-hydrogen) atoms. The van der Waals surface area contributed by atoms with Crippen molar-refractivity contribution >= 4 is 34.1 Å². The summed E-state index contributed by atoms with van der Waals surface area (Å²) in [6, 6.07) is 29.8. The second-order valence-corrected chi connectivity index (χ2v) is 9.04. The van der Waals surface area contributed by atoms with Crippen LogP contribution in [0.3, 0.4) is 0 Å². The molecule has 0 N–H and O–H groups in total. The van der Waals surface area contributed by atoms with Gasteiger partial charge >= 0.3 is 0 Å². The maximum absolute atomic E-state index is 13.4. The SMILES string of the molecule is CSc1ccc(C2CC(=O)N(Cc3ccccc3C)c3ccc4ccccc4c32)cc1. The van der Waals surface area contributed by atoms with E-state index in [9.17, 15) is 4.79 Å². The van der Waals surface area contributed by atoms with Gasteiger partial charge in [-0.25, -0.2) is 0 Å². The minimum Gasteiger partial charge on any atom is -0.308 e. The monoisotopic (exact) mass is 423 g/mol. The molecule has 154 valence electrons. The number of hydrogen-bond donors (Lipinski definition) is 0. The Labute approximate surface area is 187 Å². The Bertz CT molecular complexity index is 1260. The van der Waals surface area contributed by atoms with Gasteiger partial charge in [0, 0.05) is 22.9 Å². The third-order valence-corrected chi connectivity index (χ3v) is 7.12. The summed E-state index contributed by atoms with van der Waals surface area (Å²) >= 11 is 1.74. The number of benzene rings is 4. The summed E-state index contributed by atoms with van der Waals surface area (Å²) in [7, 11) is 0. The Kier molecular flexibility index (Phi) is 5.29. The van der Waals surface area contributed by atoms with Crippen molar-refractivity contribution in [1.82, 2.24) is 0 Å². The standard InChI is InChI=1S/C28H25NOS/c1-19-7-3-4-9-22(19)18-29-26-16-13-20-8-5-6-10-24(20)28(26)25(17-27(29)30)21-11-14-23(31-2)15-12-21/h3-16,25H,17-18H2,1-2H3. The lowest BCUT2D eigenvalue weighted by atomic mass is 9.81. The molecule has 0 aromatic heterocycles. The highest BCUT2D eigenvalue weighted by atomic mass is 32.2. The lowest BCUT2D eigenvalue weighted by Gasteiger charge is -2.35. The van der Waals surface area contributed by atoms with Crippen LogP contribution in [0.25, 0.3) is 10.8 Å². The van der Waals surface area contributed by atoms with Gasteiger partial charge in [-0.3, -0.25) is 4.79 Å². The molecule has 4 aromatic carbocycles. The Balaban J connectivity index is 1.67. The molecule has 4 aromatic rings. The topological polar surface area (TPSA) is 20.3 Å². The zero-order valence-corrected chi connectivity index (χ0v) is 18.7. The van der Waals surface area contributed by atoms with Crippen LogP contribution in [0.4, 0.5) is 5.69 Å². The van der Waals surface area contributed by atoms with Gasteiger partial charge in [0.1, 0.15) is 0 Å². The lowest BCUT2D eigenvalue weighted by Crippen LogP contribution is -2.36. The smallest absolute Gasteiger partial charge is 0.228 e. The predicted octanol–water partition coefficient (Wildman–Crippen LogP) is 6.94. The summed E-state index contributed by atoms with van der Waals surface area (Å²) in [6.07, 6.45) is 2.58. The van der Waals surface area contributed by atoms with Crippen molar-refractivity contribution in [1.29, 1.82) is 0 Å². The number of anilines is 1. The van der Waals surface area contributed by atoms with Crippen LogP contribution in [-0.2, 0) is 11.3 Å². The zero-order chi connectivity index (χ0) is 21.4. The molecule has 2 nitrogen and oxygen atoms in total. The number of aryl methyl sites for hydroxylation is 1. The van der Waals surface area contributed by atoms with Crippen molar-refractivity contribution in [2.24, 2.45) is 0 Å². The van der Waals surface area contributed by atoms with E-state index in [1.807, 2.05) is 17.0 Å². The number of thioether (sulfide) groups is 1. The number of fused-ring (bicyclic) bond motifs is 3. The van der Waals surface area contributed by atoms with E-state index in [2.05, 4.69) is 86.0 Å². The summed E-state index contributed by atoms with van der Waals surface area (Å²) < 4.78 is 0. The Morgan fingerprint density at radius 1 is 0.903 bits per heavy atom. The normalized spacial score (nSPS) is 15.9. The molecule has 0 saturated heterocycles. The van der Waals surface area contributed by atoms with Gasteiger partial charge in [0.05, 0.1) is 6.54 Å². The fraction of sp³-hybridized carbons (Fsp3) is 0.179. The largest absolute Gasteiger partial charge is 0.308 e. The van der Waals surface area contributed by atoms with Gasteiger partial charge in [0.2, 0.25) is 5.91 Å². The second-order valence-electron chi connectivity index (χ2n) is 8.16. The Hall–Kier alpha value is -3.04. The first-order valence-corrected chi connectivity index (χ1v) is 11.9. The van der Waals surface area contributed by atoms with Crippen LogP contribution in [0, 0.1) is 6.92 Å². The molecule has 1 heterocycles. The molecule has 1 aliphatic rings. The third kappa shape index (κ3) is 3.64. The molecule has 1 unspecified atom stereocenters. The molecule has 1 amide bonds. The van der Waals surface area contributed by atoms with E-state index in [-0.39, 0.29) is 11.8 Å². The third-order valence-electron chi connectivity index (χ3n) is 6.37. The predicted molar refractivity (Wildman–Crippen MR) is 131 cm³/mol. The van der Waals surface area contributed by atoms with Crippen molar-refractivity contribution in [3.05, 3.63) is 107 Å². The summed E-state index contributed by atoms with van der Waals surface area (Å²) in [6.45, 7) is 2.72. The summed E-state index contributed by atoms with van der Waals surface area (Å²) in [5, 5.41) is 2.46. The van der Waals surface area contributed by atoms with Crippen LogP contribution in [0.15, 0.2) is 89.8 Å². The van der Waals surface area contributed by atoms with Gasteiger partial charge in [-0.05, 0) is 64.4 Å². The van der Waals surface area contributed by atoms with Crippen LogP contribution >= 0.6 is 11.8 Å².